The summed E-state index contributed by atoms with van der Waals surface area (Å²) < 4.78 is 22.5. The zero-order valence-electron chi connectivity index (χ0n) is 9.19. The number of rotatable bonds is 4. The summed E-state index contributed by atoms with van der Waals surface area (Å²) in [7, 11) is -10.2. The maximum absolute atomic E-state index is 11.2. The van der Waals surface area contributed by atoms with Crippen LogP contribution >= 0.6 is 15.2 Å². The first-order valence-corrected chi connectivity index (χ1v) is 8.41. The topological polar surface area (TPSA) is 153 Å². The molecule has 1 rings (SSSR count). The number of nitrogens with two attached hydrogens (primary N) is 1. The minimum Gasteiger partial charge on any atom is -0.323 e. The molecule has 0 aromatic rings. The summed E-state index contributed by atoms with van der Waals surface area (Å²) in [5, 5.41) is 0.287. The fraction of sp³-hybridized carbons (Fsp3) is 1.00. The van der Waals surface area contributed by atoms with E-state index < -0.39 is 20.2 Å². The molecule has 0 atom stereocenters. The highest BCUT2D eigenvalue weighted by Gasteiger charge is 2.57. The minimum atomic E-state index is -5.08. The van der Waals surface area contributed by atoms with Crippen LogP contribution in [0, 0.1) is 5.92 Å². The molecule has 0 amide bonds. The minimum absolute atomic E-state index is 0.193. The van der Waals surface area contributed by atoms with Gasteiger partial charge in [0.15, 0.2) is 0 Å². The van der Waals surface area contributed by atoms with Crippen molar-refractivity contribution >= 4 is 15.2 Å². The Balaban J connectivity index is 2.92. The van der Waals surface area contributed by atoms with Crippen LogP contribution in [0.1, 0.15) is 19.3 Å². The molecule has 1 fully saturated rings. The van der Waals surface area contributed by atoms with Crippen molar-refractivity contribution in [3.8, 4) is 0 Å². The lowest BCUT2D eigenvalue weighted by molar-refractivity contribution is 0.266. The first kappa shape index (κ1) is 15.3. The van der Waals surface area contributed by atoms with Gasteiger partial charge >= 0.3 is 15.2 Å². The summed E-state index contributed by atoms with van der Waals surface area (Å²) in [5.41, 5.74) is 5.34. The number of piperidine rings is 1. The monoisotopic (exact) mass is 288 g/mol. The molecule has 1 aliphatic heterocycles. The predicted molar refractivity (Wildman–Crippen MR) is 61.2 cm³/mol. The molecule has 1 aliphatic rings. The Kier molecular flexibility index (Phi) is 4.56. The van der Waals surface area contributed by atoms with Gasteiger partial charge in [-0.25, -0.2) is 0 Å². The first-order valence-electron chi connectivity index (χ1n) is 5.19. The second kappa shape index (κ2) is 5.07. The van der Waals surface area contributed by atoms with E-state index in [0.29, 0.717) is 25.9 Å². The lowest BCUT2D eigenvalue weighted by Gasteiger charge is -2.35. The smallest absolute Gasteiger partial charge is 0.323 e. The average molecular weight is 288 g/mol. The van der Waals surface area contributed by atoms with E-state index in [-0.39, 0.29) is 12.3 Å². The van der Waals surface area contributed by atoms with Crippen molar-refractivity contribution in [3.05, 3.63) is 0 Å². The standard InChI is InChI=1S/C7H18N2O6P2/c8-7(16(10,11)12,17(13,14)15)5-6-1-3-9-4-2-6/h6,9H,1-5,8H2,(H2,10,11,12)(H2,13,14,15). The lowest BCUT2D eigenvalue weighted by atomic mass is 9.94. The molecule has 10 heteroatoms. The molecule has 0 bridgehead atoms. The SMILES string of the molecule is NC(CC1CCNCC1)(P(=O)(O)O)P(=O)(O)O. The zero-order chi connectivity index (χ0) is 13.3. The van der Waals surface area contributed by atoms with Gasteiger partial charge in [0.1, 0.15) is 0 Å². The third kappa shape index (κ3) is 3.36. The van der Waals surface area contributed by atoms with Crippen molar-refractivity contribution in [3.63, 3.8) is 0 Å². The van der Waals surface area contributed by atoms with Crippen LogP contribution in [0.25, 0.3) is 0 Å². The molecule has 0 radical (unpaired) electrons. The van der Waals surface area contributed by atoms with Gasteiger partial charge in [0, 0.05) is 0 Å². The van der Waals surface area contributed by atoms with Crippen molar-refractivity contribution in [2.75, 3.05) is 13.1 Å². The zero-order valence-corrected chi connectivity index (χ0v) is 11.0. The Morgan fingerprint density at radius 1 is 1.12 bits per heavy atom. The van der Waals surface area contributed by atoms with Crippen molar-refractivity contribution < 1.29 is 28.7 Å². The second-order valence-corrected chi connectivity index (χ2v) is 8.49. The quantitative estimate of drug-likeness (QED) is 0.373. The summed E-state index contributed by atoms with van der Waals surface area (Å²) in [6.45, 7) is 1.31. The van der Waals surface area contributed by atoms with E-state index in [1.54, 1.807) is 0 Å². The molecule has 0 aliphatic carbocycles. The van der Waals surface area contributed by atoms with Crippen molar-refractivity contribution in [2.45, 2.75) is 24.3 Å². The van der Waals surface area contributed by atoms with Gasteiger partial charge in [-0.2, -0.15) is 0 Å². The van der Waals surface area contributed by atoms with E-state index in [9.17, 15) is 9.13 Å². The summed E-state index contributed by atoms with van der Waals surface area (Å²) in [5.74, 6) is -0.193. The molecule has 0 aromatic carbocycles. The Morgan fingerprint density at radius 3 is 1.88 bits per heavy atom. The van der Waals surface area contributed by atoms with E-state index >= 15 is 0 Å². The van der Waals surface area contributed by atoms with Gasteiger partial charge in [0.25, 0.3) is 0 Å². The Bertz CT molecular complexity index is 335. The molecule has 1 saturated heterocycles. The molecule has 0 unspecified atom stereocenters. The van der Waals surface area contributed by atoms with Crippen LogP contribution in [0.5, 0.6) is 0 Å². The molecular formula is C7H18N2O6P2. The summed E-state index contributed by atoms with van der Waals surface area (Å²) in [4.78, 5) is 36.3. The van der Waals surface area contributed by atoms with E-state index in [2.05, 4.69) is 5.32 Å². The highest BCUT2D eigenvalue weighted by atomic mass is 31.2. The molecule has 8 nitrogen and oxygen atoms in total. The molecule has 0 spiro atoms. The fourth-order valence-corrected chi connectivity index (χ4v) is 4.27. The maximum atomic E-state index is 11.2. The normalized spacial score (nSPS) is 20.5. The van der Waals surface area contributed by atoms with Crippen molar-refractivity contribution in [2.24, 2.45) is 11.7 Å². The third-order valence-electron chi connectivity index (χ3n) is 3.06. The van der Waals surface area contributed by atoms with Crippen LogP contribution < -0.4 is 11.1 Å². The highest BCUT2D eigenvalue weighted by molar-refractivity contribution is 7.72. The molecule has 1 heterocycles. The van der Waals surface area contributed by atoms with E-state index in [1.165, 1.54) is 0 Å². The van der Waals surface area contributed by atoms with E-state index in [1.807, 2.05) is 0 Å². The largest absolute Gasteiger partial charge is 0.357 e. The Hall–Kier alpha value is 0.220. The van der Waals surface area contributed by atoms with Gasteiger partial charge in [-0.3, -0.25) is 9.13 Å². The summed E-state index contributed by atoms with van der Waals surface area (Å²) >= 11 is 0. The number of hydrogen-bond donors (Lipinski definition) is 6. The van der Waals surface area contributed by atoms with Gasteiger partial charge < -0.3 is 30.6 Å². The molecule has 17 heavy (non-hydrogen) atoms. The van der Waals surface area contributed by atoms with Gasteiger partial charge in [0.2, 0.25) is 5.02 Å². The van der Waals surface area contributed by atoms with Gasteiger partial charge in [-0.1, -0.05) is 0 Å². The fourth-order valence-electron chi connectivity index (χ4n) is 1.92. The van der Waals surface area contributed by atoms with Crippen LogP contribution in [0.3, 0.4) is 0 Å². The first-order chi connectivity index (χ1) is 7.58. The number of nitrogens with one attached hydrogen (secondary N) is 1. The Labute approximate surface area is 98.9 Å². The van der Waals surface area contributed by atoms with Crippen LogP contribution in [-0.2, 0) is 9.13 Å². The van der Waals surface area contributed by atoms with E-state index in [0.717, 1.165) is 0 Å². The third-order valence-corrected chi connectivity index (χ3v) is 7.00. The second-order valence-electron chi connectivity index (χ2n) is 4.36. The van der Waals surface area contributed by atoms with E-state index in [4.69, 9.17) is 25.3 Å². The van der Waals surface area contributed by atoms with Crippen LogP contribution in [0.2, 0.25) is 0 Å². The molecule has 102 valence electrons. The highest BCUT2D eigenvalue weighted by Crippen LogP contribution is 2.68. The average Bonchev–Trinajstić information content (AvgIpc) is 2.15. The maximum Gasteiger partial charge on any atom is 0.357 e. The van der Waals surface area contributed by atoms with Crippen LogP contribution in [0.4, 0.5) is 0 Å². The summed E-state index contributed by atoms with van der Waals surface area (Å²) in [6.07, 6.45) is 0.821. The molecule has 0 aromatic heterocycles. The van der Waals surface area contributed by atoms with Crippen LogP contribution in [0.15, 0.2) is 0 Å². The molecular weight excluding hydrogens is 270 g/mol. The lowest BCUT2D eigenvalue weighted by Crippen LogP contribution is -2.43. The van der Waals surface area contributed by atoms with Crippen molar-refractivity contribution in [1.82, 2.24) is 5.32 Å². The molecule has 0 saturated carbocycles. The van der Waals surface area contributed by atoms with Gasteiger partial charge in [0.05, 0.1) is 0 Å². The summed E-state index contributed by atoms with van der Waals surface area (Å²) in [6, 6.07) is 0. The Morgan fingerprint density at radius 2 is 1.53 bits per heavy atom. The van der Waals surface area contributed by atoms with Crippen molar-refractivity contribution in [1.29, 1.82) is 0 Å². The predicted octanol–water partition coefficient (Wildman–Crippen LogP) is -0.656. The van der Waals surface area contributed by atoms with Gasteiger partial charge in [-0.15, -0.1) is 0 Å². The van der Waals surface area contributed by atoms with Crippen LogP contribution in [-0.4, -0.2) is 37.7 Å². The number of hydrogen-bond acceptors (Lipinski definition) is 4. The molecule has 7 N–H and O–H groups in total. The van der Waals surface area contributed by atoms with Gasteiger partial charge in [-0.05, 0) is 38.3 Å².